The van der Waals surface area contributed by atoms with Crippen molar-refractivity contribution in [3.63, 3.8) is 0 Å². The molecule has 1 aliphatic carbocycles. The van der Waals surface area contributed by atoms with E-state index in [4.69, 9.17) is 15.4 Å². The molecule has 1 atom stereocenters. The van der Waals surface area contributed by atoms with Gasteiger partial charge in [0.15, 0.2) is 11.6 Å². The Morgan fingerprint density at radius 2 is 2.21 bits per heavy atom. The van der Waals surface area contributed by atoms with E-state index in [0.717, 1.165) is 18.9 Å². The molecule has 3 N–H and O–H groups in total. The molecule has 0 bridgehead atoms. The van der Waals surface area contributed by atoms with Gasteiger partial charge in [-0.05, 0) is 43.9 Å². The van der Waals surface area contributed by atoms with Crippen molar-refractivity contribution in [2.75, 3.05) is 0 Å². The van der Waals surface area contributed by atoms with Gasteiger partial charge in [-0.3, -0.25) is 0 Å². The quantitative estimate of drug-likeness (QED) is 0.886. The third-order valence-electron chi connectivity index (χ3n) is 3.52. The van der Waals surface area contributed by atoms with Crippen LogP contribution in [0.2, 0.25) is 0 Å². The standard InChI is InChI=1S/C13H14FN3O2/c1-13(15,8-3-4-8)12-16-11(17-19-12)7-2-5-10(18)9(14)6-7/h2,5-6,8,18H,3-4,15H2,1H3. The summed E-state index contributed by atoms with van der Waals surface area (Å²) in [6.45, 7) is 1.86. The van der Waals surface area contributed by atoms with Crippen LogP contribution in [-0.2, 0) is 5.54 Å². The minimum atomic E-state index is -0.721. The van der Waals surface area contributed by atoms with Gasteiger partial charge < -0.3 is 15.4 Å². The maximum atomic E-state index is 13.3. The first kappa shape index (κ1) is 12.1. The van der Waals surface area contributed by atoms with Crippen LogP contribution in [0.15, 0.2) is 22.7 Å². The number of aromatic nitrogens is 2. The maximum absolute atomic E-state index is 13.3. The van der Waals surface area contributed by atoms with Crippen molar-refractivity contribution in [1.82, 2.24) is 10.1 Å². The molecule has 100 valence electrons. The van der Waals surface area contributed by atoms with E-state index in [1.54, 1.807) is 0 Å². The van der Waals surface area contributed by atoms with Crippen LogP contribution in [0, 0.1) is 11.7 Å². The van der Waals surface area contributed by atoms with E-state index < -0.39 is 17.1 Å². The van der Waals surface area contributed by atoms with Gasteiger partial charge in [0.1, 0.15) is 0 Å². The van der Waals surface area contributed by atoms with E-state index >= 15 is 0 Å². The fourth-order valence-electron chi connectivity index (χ4n) is 2.06. The lowest BCUT2D eigenvalue weighted by Gasteiger charge is -2.18. The lowest BCUT2D eigenvalue weighted by Crippen LogP contribution is -2.35. The lowest BCUT2D eigenvalue weighted by molar-refractivity contribution is 0.273. The van der Waals surface area contributed by atoms with Gasteiger partial charge in [0, 0.05) is 5.56 Å². The average molecular weight is 263 g/mol. The average Bonchev–Trinajstić information content (AvgIpc) is 3.11. The number of hydrogen-bond donors (Lipinski definition) is 2. The summed E-state index contributed by atoms with van der Waals surface area (Å²) in [5.41, 5.74) is 5.98. The second kappa shape index (κ2) is 4.03. The largest absolute Gasteiger partial charge is 0.505 e. The molecule has 1 heterocycles. The van der Waals surface area contributed by atoms with Gasteiger partial charge in [0.05, 0.1) is 5.54 Å². The number of phenolic OH excluding ortho intramolecular Hbond substituents is 1. The Morgan fingerprint density at radius 1 is 1.47 bits per heavy atom. The van der Waals surface area contributed by atoms with E-state index in [-0.39, 0.29) is 5.82 Å². The molecule has 1 aromatic carbocycles. The molecule has 0 saturated heterocycles. The van der Waals surface area contributed by atoms with Crippen molar-refractivity contribution in [2.24, 2.45) is 11.7 Å². The molecule has 0 spiro atoms. The Bertz CT molecular complexity index is 620. The number of hydrogen-bond acceptors (Lipinski definition) is 5. The highest BCUT2D eigenvalue weighted by atomic mass is 19.1. The van der Waals surface area contributed by atoms with Crippen LogP contribution in [0.5, 0.6) is 5.75 Å². The highest BCUT2D eigenvalue weighted by molar-refractivity contribution is 5.56. The molecule has 1 aliphatic rings. The van der Waals surface area contributed by atoms with Crippen LogP contribution >= 0.6 is 0 Å². The van der Waals surface area contributed by atoms with Crippen molar-refractivity contribution in [3.05, 3.63) is 29.9 Å². The number of nitrogens with zero attached hydrogens (tertiary/aromatic N) is 2. The number of nitrogens with two attached hydrogens (primary N) is 1. The summed E-state index contributed by atoms with van der Waals surface area (Å²) in [7, 11) is 0. The van der Waals surface area contributed by atoms with Crippen LogP contribution in [0.4, 0.5) is 4.39 Å². The smallest absolute Gasteiger partial charge is 0.247 e. The van der Waals surface area contributed by atoms with Crippen molar-refractivity contribution >= 4 is 0 Å². The van der Waals surface area contributed by atoms with Crippen LogP contribution in [0.25, 0.3) is 11.4 Å². The summed E-state index contributed by atoms with van der Waals surface area (Å²) >= 11 is 0. The first-order valence-corrected chi connectivity index (χ1v) is 6.10. The zero-order valence-electron chi connectivity index (χ0n) is 10.4. The van der Waals surface area contributed by atoms with Gasteiger partial charge in [0.25, 0.3) is 0 Å². The normalized spacial score (nSPS) is 18.3. The van der Waals surface area contributed by atoms with E-state index in [0.29, 0.717) is 17.4 Å². The van der Waals surface area contributed by atoms with Crippen molar-refractivity contribution in [1.29, 1.82) is 0 Å². The summed E-state index contributed by atoms with van der Waals surface area (Å²) in [6.07, 6.45) is 2.11. The number of halogens is 1. The zero-order chi connectivity index (χ0) is 13.6. The third kappa shape index (κ3) is 2.08. The first-order valence-electron chi connectivity index (χ1n) is 6.10. The molecule has 1 aromatic heterocycles. The predicted molar refractivity (Wildman–Crippen MR) is 65.6 cm³/mol. The topological polar surface area (TPSA) is 85.2 Å². The lowest BCUT2D eigenvalue weighted by atomic mass is 9.97. The summed E-state index contributed by atoms with van der Waals surface area (Å²) in [6, 6.07) is 3.94. The van der Waals surface area contributed by atoms with Crippen molar-refractivity contribution < 1.29 is 14.0 Å². The van der Waals surface area contributed by atoms with E-state index in [1.807, 2.05) is 6.92 Å². The van der Waals surface area contributed by atoms with Gasteiger partial charge >= 0.3 is 0 Å². The first-order chi connectivity index (χ1) is 8.98. The molecule has 19 heavy (non-hydrogen) atoms. The van der Waals surface area contributed by atoms with E-state index in [2.05, 4.69) is 10.1 Å². The molecule has 1 saturated carbocycles. The minimum Gasteiger partial charge on any atom is -0.505 e. The Labute approximate surface area is 109 Å². The third-order valence-corrected chi connectivity index (χ3v) is 3.52. The van der Waals surface area contributed by atoms with E-state index in [9.17, 15) is 4.39 Å². The van der Waals surface area contributed by atoms with Gasteiger partial charge in [-0.2, -0.15) is 4.98 Å². The number of aromatic hydroxyl groups is 1. The van der Waals surface area contributed by atoms with Gasteiger partial charge in [-0.15, -0.1) is 0 Å². The van der Waals surface area contributed by atoms with E-state index in [1.165, 1.54) is 12.1 Å². The highest BCUT2D eigenvalue weighted by Crippen LogP contribution is 2.43. The van der Waals surface area contributed by atoms with Crippen LogP contribution < -0.4 is 5.73 Å². The fraction of sp³-hybridized carbons (Fsp3) is 0.385. The van der Waals surface area contributed by atoms with Crippen LogP contribution in [0.3, 0.4) is 0 Å². The molecular weight excluding hydrogens is 249 g/mol. The zero-order valence-corrected chi connectivity index (χ0v) is 10.4. The number of benzene rings is 1. The molecule has 5 nitrogen and oxygen atoms in total. The Kier molecular flexibility index (Phi) is 2.56. The molecule has 2 aromatic rings. The van der Waals surface area contributed by atoms with Gasteiger partial charge in [-0.25, -0.2) is 4.39 Å². The maximum Gasteiger partial charge on any atom is 0.247 e. The Hall–Kier alpha value is -1.95. The second-order valence-corrected chi connectivity index (χ2v) is 5.15. The SMILES string of the molecule is CC(N)(c1nc(-c2ccc(O)c(F)c2)no1)C1CC1. The summed E-state index contributed by atoms with van der Waals surface area (Å²) < 4.78 is 18.5. The molecule has 3 rings (SSSR count). The highest BCUT2D eigenvalue weighted by Gasteiger charge is 2.43. The Balaban J connectivity index is 1.94. The number of phenols is 1. The molecular formula is C13H14FN3O2. The monoisotopic (exact) mass is 263 g/mol. The molecule has 0 radical (unpaired) electrons. The molecule has 6 heteroatoms. The van der Waals surface area contributed by atoms with Gasteiger partial charge in [-0.1, -0.05) is 5.16 Å². The molecule has 0 aliphatic heterocycles. The molecule has 0 amide bonds. The summed E-state index contributed by atoms with van der Waals surface area (Å²) in [4.78, 5) is 4.23. The van der Waals surface area contributed by atoms with Crippen LogP contribution in [-0.4, -0.2) is 15.2 Å². The fourth-order valence-corrected chi connectivity index (χ4v) is 2.06. The molecule has 1 fully saturated rings. The van der Waals surface area contributed by atoms with Crippen LogP contribution in [0.1, 0.15) is 25.7 Å². The molecule has 1 unspecified atom stereocenters. The summed E-state index contributed by atoms with van der Waals surface area (Å²) in [5, 5.41) is 13.0. The summed E-state index contributed by atoms with van der Waals surface area (Å²) in [5.74, 6) is -0.141. The predicted octanol–water partition coefficient (Wildman–Crippen LogP) is 2.17. The van der Waals surface area contributed by atoms with Crippen molar-refractivity contribution in [3.8, 4) is 17.1 Å². The van der Waals surface area contributed by atoms with Crippen molar-refractivity contribution in [2.45, 2.75) is 25.3 Å². The Morgan fingerprint density at radius 3 is 2.84 bits per heavy atom. The minimum absolute atomic E-state index is 0.270. The number of rotatable bonds is 3. The van der Waals surface area contributed by atoms with Gasteiger partial charge in [0.2, 0.25) is 11.7 Å². The second-order valence-electron chi connectivity index (χ2n) is 5.15.